The molecule has 6 nitrogen and oxygen atoms in total. The summed E-state index contributed by atoms with van der Waals surface area (Å²) in [5, 5.41) is 5.52. The highest BCUT2D eigenvalue weighted by atomic mass is 16.6. The van der Waals surface area contributed by atoms with E-state index in [1.807, 2.05) is 0 Å². The van der Waals surface area contributed by atoms with Crippen LogP contribution < -0.4 is 10.6 Å². The Bertz CT molecular complexity index is 280. The zero-order valence-electron chi connectivity index (χ0n) is 10.5. The van der Waals surface area contributed by atoms with Gasteiger partial charge in [0.05, 0.1) is 13.2 Å². The van der Waals surface area contributed by atoms with Gasteiger partial charge in [-0.15, -0.1) is 0 Å². The summed E-state index contributed by atoms with van der Waals surface area (Å²) in [7, 11) is 0. The van der Waals surface area contributed by atoms with Crippen LogP contribution in [0, 0.1) is 0 Å². The van der Waals surface area contributed by atoms with Crippen molar-refractivity contribution in [3.05, 3.63) is 0 Å². The molecule has 1 aliphatic heterocycles. The van der Waals surface area contributed by atoms with E-state index in [1.54, 1.807) is 20.8 Å². The number of rotatable bonds is 3. The molecular weight excluding hydrogens is 224 g/mol. The molecule has 0 saturated carbocycles. The van der Waals surface area contributed by atoms with Crippen LogP contribution in [0.1, 0.15) is 20.8 Å². The Morgan fingerprint density at radius 2 is 2.18 bits per heavy atom. The molecular formula is C11H20N2O4. The lowest BCUT2D eigenvalue weighted by molar-refractivity contribution is -0.154. The van der Waals surface area contributed by atoms with Crippen LogP contribution in [0.15, 0.2) is 0 Å². The van der Waals surface area contributed by atoms with Crippen LogP contribution in [0.5, 0.6) is 0 Å². The number of hydrogen-bond donors (Lipinski definition) is 2. The summed E-state index contributed by atoms with van der Waals surface area (Å²) in [6.45, 7) is 6.81. The maximum atomic E-state index is 11.6. The lowest BCUT2D eigenvalue weighted by Gasteiger charge is -2.23. The van der Waals surface area contributed by atoms with Gasteiger partial charge in [-0.3, -0.25) is 9.59 Å². The van der Waals surface area contributed by atoms with Gasteiger partial charge in [-0.05, 0) is 20.8 Å². The molecule has 1 fully saturated rings. The summed E-state index contributed by atoms with van der Waals surface area (Å²) in [4.78, 5) is 23.0. The smallest absolute Gasteiger partial charge is 0.325 e. The van der Waals surface area contributed by atoms with Crippen molar-refractivity contribution in [3.63, 3.8) is 0 Å². The summed E-state index contributed by atoms with van der Waals surface area (Å²) < 4.78 is 10.2. The molecule has 0 bridgehead atoms. The van der Waals surface area contributed by atoms with Crippen molar-refractivity contribution in [2.45, 2.75) is 32.4 Å². The molecule has 0 spiro atoms. The monoisotopic (exact) mass is 244 g/mol. The van der Waals surface area contributed by atoms with E-state index < -0.39 is 11.6 Å². The fraction of sp³-hybridized carbons (Fsp3) is 0.818. The average Bonchev–Trinajstić information content (AvgIpc) is 2.25. The third-order valence-electron chi connectivity index (χ3n) is 2.07. The zero-order valence-corrected chi connectivity index (χ0v) is 10.5. The van der Waals surface area contributed by atoms with E-state index in [0.29, 0.717) is 19.8 Å². The fourth-order valence-corrected chi connectivity index (χ4v) is 1.39. The molecule has 6 heteroatoms. The SMILES string of the molecule is CC(C)(C)OC(=O)CNC(=O)C1COCCN1. The molecule has 1 atom stereocenters. The van der Waals surface area contributed by atoms with Gasteiger partial charge in [-0.1, -0.05) is 0 Å². The first-order valence-electron chi connectivity index (χ1n) is 5.69. The van der Waals surface area contributed by atoms with E-state index in [0.717, 1.165) is 0 Å². The zero-order chi connectivity index (χ0) is 12.9. The standard InChI is InChI=1S/C11H20N2O4/c1-11(2,3)17-9(14)6-13-10(15)8-7-16-5-4-12-8/h8,12H,4-7H2,1-3H3,(H,13,15). The van der Waals surface area contributed by atoms with Crippen molar-refractivity contribution >= 4 is 11.9 Å². The third-order valence-corrected chi connectivity index (χ3v) is 2.07. The lowest BCUT2D eigenvalue weighted by Crippen LogP contribution is -2.52. The molecule has 0 radical (unpaired) electrons. The molecule has 1 saturated heterocycles. The van der Waals surface area contributed by atoms with Crippen molar-refractivity contribution < 1.29 is 19.1 Å². The second-order valence-corrected chi connectivity index (χ2v) is 4.89. The average molecular weight is 244 g/mol. The van der Waals surface area contributed by atoms with Gasteiger partial charge in [-0.25, -0.2) is 0 Å². The van der Waals surface area contributed by atoms with Crippen LogP contribution >= 0.6 is 0 Å². The Hall–Kier alpha value is -1.14. The number of carbonyl (C=O) groups is 2. The van der Waals surface area contributed by atoms with Gasteiger partial charge < -0.3 is 20.1 Å². The molecule has 1 aliphatic rings. The first kappa shape index (κ1) is 13.9. The summed E-state index contributed by atoms with van der Waals surface area (Å²) in [5.41, 5.74) is -0.534. The van der Waals surface area contributed by atoms with Gasteiger partial charge in [-0.2, -0.15) is 0 Å². The fourth-order valence-electron chi connectivity index (χ4n) is 1.39. The van der Waals surface area contributed by atoms with Crippen LogP contribution in [0.2, 0.25) is 0 Å². The molecule has 0 aromatic carbocycles. The van der Waals surface area contributed by atoms with Gasteiger partial charge in [0.25, 0.3) is 0 Å². The van der Waals surface area contributed by atoms with Crippen LogP contribution in [-0.2, 0) is 19.1 Å². The van der Waals surface area contributed by atoms with E-state index >= 15 is 0 Å². The maximum absolute atomic E-state index is 11.6. The van der Waals surface area contributed by atoms with Crippen LogP contribution in [0.3, 0.4) is 0 Å². The van der Waals surface area contributed by atoms with Gasteiger partial charge in [0.15, 0.2) is 0 Å². The number of amides is 1. The van der Waals surface area contributed by atoms with Crippen molar-refractivity contribution in [1.29, 1.82) is 0 Å². The largest absolute Gasteiger partial charge is 0.459 e. The summed E-state index contributed by atoms with van der Waals surface area (Å²) >= 11 is 0. The molecule has 1 heterocycles. The topological polar surface area (TPSA) is 76.7 Å². The Morgan fingerprint density at radius 3 is 2.71 bits per heavy atom. The minimum atomic E-state index is -0.534. The van der Waals surface area contributed by atoms with E-state index in [2.05, 4.69) is 10.6 Å². The number of carbonyl (C=O) groups excluding carboxylic acids is 2. The van der Waals surface area contributed by atoms with E-state index in [-0.39, 0.29) is 18.5 Å². The van der Waals surface area contributed by atoms with Gasteiger partial charge in [0, 0.05) is 6.54 Å². The molecule has 0 aliphatic carbocycles. The molecule has 17 heavy (non-hydrogen) atoms. The predicted octanol–water partition coefficient (Wildman–Crippen LogP) is -0.567. The van der Waals surface area contributed by atoms with Gasteiger partial charge in [0.2, 0.25) is 5.91 Å². The highest BCUT2D eigenvalue weighted by Gasteiger charge is 2.22. The first-order valence-corrected chi connectivity index (χ1v) is 5.69. The van der Waals surface area contributed by atoms with E-state index in [1.165, 1.54) is 0 Å². The van der Waals surface area contributed by atoms with E-state index in [9.17, 15) is 9.59 Å². The Balaban J connectivity index is 2.25. The molecule has 1 amide bonds. The third kappa shape index (κ3) is 5.65. The maximum Gasteiger partial charge on any atom is 0.325 e. The Labute approximate surface area is 101 Å². The highest BCUT2D eigenvalue weighted by molar-refractivity contribution is 5.85. The number of nitrogens with one attached hydrogen (secondary N) is 2. The van der Waals surface area contributed by atoms with Crippen LogP contribution in [-0.4, -0.2) is 49.8 Å². The molecule has 1 rings (SSSR count). The first-order chi connectivity index (χ1) is 7.88. The summed E-state index contributed by atoms with van der Waals surface area (Å²) in [6, 6.07) is -0.383. The lowest BCUT2D eigenvalue weighted by atomic mass is 10.2. The molecule has 0 aromatic heterocycles. The quantitative estimate of drug-likeness (QED) is 0.650. The summed E-state index contributed by atoms with van der Waals surface area (Å²) in [5.74, 6) is -0.682. The number of esters is 1. The minimum absolute atomic E-state index is 0.117. The van der Waals surface area contributed by atoms with Gasteiger partial charge >= 0.3 is 5.97 Å². The highest BCUT2D eigenvalue weighted by Crippen LogP contribution is 2.06. The van der Waals surface area contributed by atoms with Crippen molar-refractivity contribution in [2.24, 2.45) is 0 Å². The Kier molecular flexibility index (Phi) is 4.89. The Morgan fingerprint density at radius 1 is 1.47 bits per heavy atom. The molecule has 98 valence electrons. The molecule has 0 aromatic rings. The minimum Gasteiger partial charge on any atom is -0.459 e. The van der Waals surface area contributed by atoms with Crippen molar-refractivity contribution in [2.75, 3.05) is 26.3 Å². The van der Waals surface area contributed by atoms with Gasteiger partial charge in [0.1, 0.15) is 18.2 Å². The molecule has 2 N–H and O–H groups in total. The normalized spacial score (nSPS) is 20.8. The molecule has 1 unspecified atom stereocenters. The van der Waals surface area contributed by atoms with Crippen LogP contribution in [0.25, 0.3) is 0 Å². The van der Waals surface area contributed by atoms with Crippen molar-refractivity contribution in [1.82, 2.24) is 10.6 Å². The number of morpholine rings is 1. The second-order valence-electron chi connectivity index (χ2n) is 4.89. The van der Waals surface area contributed by atoms with Crippen molar-refractivity contribution in [3.8, 4) is 0 Å². The van der Waals surface area contributed by atoms with E-state index in [4.69, 9.17) is 9.47 Å². The number of ether oxygens (including phenoxy) is 2. The summed E-state index contributed by atoms with van der Waals surface area (Å²) in [6.07, 6.45) is 0. The van der Waals surface area contributed by atoms with Crippen LogP contribution in [0.4, 0.5) is 0 Å². The number of hydrogen-bond acceptors (Lipinski definition) is 5. The second kappa shape index (κ2) is 5.97. The predicted molar refractivity (Wildman–Crippen MR) is 61.5 cm³/mol.